The van der Waals surface area contributed by atoms with Crippen molar-refractivity contribution in [1.29, 1.82) is 0 Å². The molecule has 0 aliphatic rings. The lowest BCUT2D eigenvalue weighted by atomic mass is 10.3. The van der Waals surface area contributed by atoms with Gasteiger partial charge in [0.2, 0.25) is 0 Å². The Balaban J connectivity index is 1.78. The van der Waals surface area contributed by atoms with E-state index in [-0.39, 0.29) is 11.8 Å². The van der Waals surface area contributed by atoms with Crippen LogP contribution in [-0.4, -0.2) is 17.6 Å². The molecule has 1 heterocycles. The number of ether oxygens (including phenoxy) is 1. The first-order valence-corrected chi connectivity index (χ1v) is 7.84. The van der Waals surface area contributed by atoms with Gasteiger partial charge in [-0.25, -0.2) is 14.2 Å². The van der Waals surface area contributed by atoms with E-state index in [0.29, 0.717) is 23.2 Å². The number of nitrogens with one attached hydrogen (secondary N) is 2. The molecule has 2 aromatic carbocycles. The topological polar surface area (TPSA) is 63.2 Å². The van der Waals surface area contributed by atoms with Crippen molar-refractivity contribution >= 4 is 32.7 Å². The predicted molar refractivity (Wildman–Crippen MR) is 88.8 cm³/mol. The van der Waals surface area contributed by atoms with E-state index < -0.39 is 0 Å². The number of thiazole rings is 1. The van der Waals surface area contributed by atoms with Gasteiger partial charge in [-0.05, 0) is 43.3 Å². The van der Waals surface area contributed by atoms with Crippen molar-refractivity contribution in [2.45, 2.75) is 6.92 Å². The molecule has 0 fully saturated rings. The Kier molecular flexibility index (Phi) is 4.38. The van der Waals surface area contributed by atoms with Crippen LogP contribution < -0.4 is 15.4 Å². The van der Waals surface area contributed by atoms with Crippen molar-refractivity contribution in [2.24, 2.45) is 0 Å². The number of carbonyl (C=O) groups is 1. The fourth-order valence-electron chi connectivity index (χ4n) is 1.96. The number of nitrogens with zero attached hydrogens (tertiary/aromatic N) is 1. The van der Waals surface area contributed by atoms with Crippen LogP contribution in [0.1, 0.15) is 6.92 Å². The van der Waals surface area contributed by atoms with Gasteiger partial charge in [0.1, 0.15) is 17.3 Å². The van der Waals surface area contributed by atoms with Gasteiger partial charge in [0.25, 0.3) is 0 Å². The second-order valence-corrected chi connectivity index (χ2v) is 5.72. The zero-order valence-electron chi connectivity index (χ0n) is 12.3. The number of carbonyl (C=O) groups excluding carboxylic acids is 1. The minimum absolute atomic E-state index is 0.283. The highest BCUT2D eigenvalue weighted by Crippen LogP contribution is 2.31. The fourth-order valence-corrected chi connectivity index (χ4v) is 2.85. The van der Waals surface area contributed by atoms with E-state index in [0.717, 1.165) is 10.2 Å². The standard InChI is InChI=1S/C16H14FN3O2S/c1-2-18-15(21)20-16-19-13-8-7-12(9-14(13)23-16)22-11-5-3-10(17)4-6-11/h3-9H,2H2,1H3,(H2,18,19,20,21). The molecule has 0 unspecified atom stereocenters. The average molecular weight is 331 g/mol. The SMILES string of the molecule is CCNC(=O)Nc1nc2ccc(Oc3ccc(F)cc3)cc2s1. The number of fused-ring (bicyclic) bond motifs is 1. The van der Waals surface area contributed by atoms with E-state index in [4.69, 9.17) is 4.74 Å². The number of hydrogen-bond acceptors (Lipinski definition) is 4. The minimum atomic E-state index is -0.309. The Hall–Kier alpha value is -2.67. The maximum absolute atomic E-state index is 12.9. The molecule has 0 aliphatic carbocycles. The Morgan fingerprint density at radius 1 is 1.22 bits per heavy atom. The first-order chi connectivity index (χ1) is 11.1. The molecule has 2 N–H and O–H groups in total. The molecule has 2 amide bonds. The molecule has 0 aliphatic heterocycles. The van der Waals surface area contributed by atoms with Crippen LogP contribution in [0.5, 0.6) is 11.5 Å². The largest absolute Gasteiger partial charge is 0.457 e. The summed E-state index contributed by atoms with van der Waals surface area (Å²) < 4.78 is 19.5. The monoisotopic (exact) mass is 331 g/mol. The lowest BCUT2D eigenvalue weighted by Gasteiger charge is -2.04. The number of halogens is 1. The molecular formula is C16H14FN3O2S. The summed E-state index contributed by atoms with van der Waals surface area (Å²) in [5, 5.41) is 5.85. The van der Waals surface area contributed by atoms with Gasteiger partial charge in [-0.15, -0.1) is 0 Å². The van der Waals surface area contributed by atoms with Crippen LogP contribution in [0, 0.1) is 5.82 Å². The lowest BCUT2D eigenvalue weighted by Crippen LogP contribution is -2.28. The number of rotatable bonds is 4. The van der Waals surface area contributed by atoms with Crippen molar-refractivity contribution in [3.63, 3.8) is 0 Å². The number of amides is 2. The molecule has 1 aromatic heterocycles. The predicted octanol–water partition coefficient (Wildman–Crippen LogP) is 4.37. The average Bonchev–Trinajstić information content (AvgIpc) is 2.91. The molecular weight excluding hydrogens is 317 g/mol. The molecule has 118 valence electrons. The summed E-state index contributed by atoms with van der Waals surface area (Å²) in [6.45, 7) is 2.39. The van der Waals surface area contributed by atoms with E-state index in [9.17, 15) is 9.18 Å². The van der Waals surface area contributed by atoms with Crippen molar-refractivity contribution in [1.82, 2.24) is 10.3 Å². The second-order valence-electron chi connectivity index (χ2n) is 4.69. The summed E-state index contributed by atoms with van der Waals surface area (Å²) in [6, 6.07) is 11.0. The zero-order valence-corrected chi connectivity index (χ0v) is 13.1. The summed E-state index contributed by atoms with van der Waals surface area (Å²) in [4.78, 5) is 15.9. The summed E-state index contributed by atoms with van der Waals surface area (Å²) in [7, 11) is 0. The van der Waals surface area contributed by atoms with Crippen LogP contribution in [0.15, 0.2) is 42.5 Å². The Morgan fingerprint density at radius 3 is 2.70 bits per heavy atom. The molecule has 0 radical (unpaired) electrons. The van der Waals surface area contributed by atoms with Crippen LogP contribution in [-0.2, 0) is 0 Å². The highest BCUT2D eigenvalue weighted by Gasteiger charge is 2.08. The lowest BCUT2D eigenvalue weighted by molar-refractivity contribution is 0.252. The molecule has 5 nitrogen and oxygen atoms in total. The van der Waals surface area contributed by atoms with E-state index in [2.05, 4.69) is 15.6 Å². The fraction of sp³-hybridized carbons (Fsp3) is 0.125. The molecule has 0 spiro atoms. The van der Waals surface area contributed by atoms with Gasteiger partial charge in [-0.3, -0.25) is 5.32 Å². The quantitative estimate of drug-likeness (QED) is 0.746. The van der Waals surface area contributed by atoms with Crippen molar-refractivity contribution in [3.8, 4) is 11.5 Å². The highest BCUT2D eigenvalue weighted by atomic mass is 32.1. The molecule has 0 bridgehead atoms. The summed E-state index contributed by atoms with van der Waals surface area (Å²) in [6.07, 6.45) is 0. The second kappa shape index (κ2) is 6.62. The van der Waals surface area contributed by atoms with E-state index in [1.807, 2.05) is 19.1 Å². The number of anilines is 1. The molecule has 3 rings (SSSR count). The number of urea groups is 1. The Bertz CT molecular complexity index is 833. The third kappa shape index (κ3) is 3.75. The van der Waals surface area contributed by atoms with E-state index >= 15 is 0 Å². The minimum Gasteiger partial charge on any atom is -0.457 e. The number of aromatic nitrogens is 1. The van der Waals surface area contributed by atoms with Crippen LogP contribution in [0.2, 0.25) is 0 Å². The van der Waals surface area contributed by atoms with Gasteiger partial charge in [0.15, 0.2) is 5.13 Å². The molecule has 0 saturated carbocycles. The van der Waals surface area contributed by atoms with Gasteiger partial charge in [0, 0.05) is 12.6 Å². The molecule has 0 atom stereocenters. The van der Waals surface area contributed by atoms with Gasteiger partial charge in [-0.2, -0.15) is 0 Å². The van der Waals surface area contributed by atoms with Crippen LogP contribution in [0.3, 0.4) is 0 Å². The van der Waals surface area contributed by atoms with Gasteiger partial charge in [-0.1, -0.05) is 11.3 Å². The molecule has 3 aromatic rings. The van der Waals surface area contributed by atoms with E-state index in [1.54, 1.807) is 18.2 Å². The number of hydrogen-bond donors (Lipinski definition) is 2. The number of benzene rings is 2. The van der Waals surface area contributed by atoms with E-state index in [1.165, 1.54) is 23.5 Å². The Labute approximate surface area is 136 Å². The summed E-state index contributed by atoms with van der Waals surface area (Å²) in [5.74, 6) is 0.865. The van der Waals surface area contributed by atoms with Crippen LogP contribution >= 0.6 is 11.3 Å². The third-order valence-corrected chi connectivity index (χ3v) is 3.90. The summed E-state index contributed by atoms with van der Waals surface area (Å²) >= 11 is 1.36. The third-order valence-electron chi connectivity index (χ3n) is 2.97. The van der Waals surface area contributed by atoms with Crippen LogP contribution in [0.25, 0.3) is 10.2 Å². The zero-order chi connectivity index (χ0) is 16.2. The maximum atomic E-state index is 12.9. The first-order valence-electron chi connectivity index (χ1n) is 7.03. The molecule has 23 heavy (non-hydrogen) atoms. The normalized spacial score (nSPS) is 10.5. The van der Waals surface area contributed by atoms with Gasteiger partial charge in [0.05, 0.1) is 10.2 Å². The van der Waals surface area contributed by atoms with Crippen molar-refractivity contribution < 1.29 is 13.9 Å². The first kappa shape index (κ1) is 15.2. The highest BCUT2D eigenvalue weighted by molar-refractivity contribution is 7.22. The Morgan fingerprint density at radius 2 is 1.96 bits per heavy atom. The van der Waals surface area contributed by atoms with Gasteiger partial charge < -0.3 is 10.1 Å². The van der Waals surface area contributed by atoms with Crippen LogP contribution in [0.4, 0.5) is 14.3 Å². The smallest absolute Gasteiger partial charge is 0.321 e. The van der Waals surface area contributed by atoms with Crippen molar-refractivity contribution in [3.05, 3.63) is 48.3 Å². The summed E-state index contributed by atoms with van der Waals surface area (Å²) in [5.41, 5.74) is 0.772. The molecule has 0 saturated heterocycles. The van der Waals surface area contributed by atoms with Crippen molar-refractivity contribution in [2.75, 3.05) is 11.9 Å². The molecule has 7 heteroatoms. The maximum Gasteiger partial charge on any atom is 0.321 e. The van der Waals surface area contributed by atoms with Gasteiger partial charge >= 0.3 is 6.03 Å².